The minimum absolute atomic E-state index is 0.494. The van der Waals surface area contributed by atoms with Crippen molar-refractivity contribution in [2.75, 3.05) is 11.9 Å². The Morgan fingerprint density at radius 3 is 2.89 bits per heavy atom. The van der Waals surface area contributed by atoms with E-state index in [1.165, 1.54) is 31.4 Å². The summed E-state index contributed by atoms with van der Waals surface area (Å²) in [5.74, 6) is 2.18. The van der Waals surface area contributed by atoms with E-state index in [9.17, 15) is 0 Å². The first-order chi connectivity index (χ1) is 9.29. The van der Waals surface area contributed by atoms with Gasteiger partial charge in [-0.15, -0.1) is 0 Å². The Balaban J connectivity index is 1.49. The van der Waals surface area contributed by atoms with Gasteiger partial charge in [0, 0.05) is 35.9 Å². The standard InChI is InChI=1S/C15H21N3O/c1-9-7-12(10-3-2-4-10)17-15(16-9)18-13-8-14-11(13)5-6-19-14/h7,10-11,13-14H,2-6,8H2,1H3,(H,16,17,18)/t11-,13+,14+/m0/s1. The zero-order valence-corrected chi connectivity index (χ0v) is 11.4. The Kier molecular flexibility index (Phi) is 2.72. The fraction of sp³-hybridized carbons (Fsp3) is 0.733. The van der Waals surface area contributed by atoms with Gasteiger partial charge in [0.1, 0.15) is 0 Å². The number of hydrogen-bond donors (Lipinski definition) is 1. The van der Waals surface area contributed by atoms with Gasteiger partial charge in [-0.3, -0.25) is 0 Å². The molecule has 4 heteroatoms. The summed E-state index contributed by atoms with van der Waals surface area (Å²) in [5, 5.41) is 3.53. The zero-order valence-electron chi connectivity index (χ0n) is 11.4. The molecule has 0 aromatic carbocycles. The van der Waals surface area contributed by atoms with Crippen LogP contribution in [0.2, 0.25) is 0 Å². The molecule has 2 aliphatic carbocycles. The molecule has 2 saturated carbocycles. The largest absolute Gasteiger partial charge is 0.378 e. The third kappa shape index (κ3) is 2.02. The maximum absolute atomic E-state index is 5.65. The Bertz CT molecular complexity index is 486. The molecule has 1 aromatic heterocycles. The summed E-state index contributed by atoms with van der Waals surface area (Å²) in [5.41, 5.74) is 2.32. The van der Waals surface area contributed by atoms with E-state index in [1.807, 2.05) is 0 Å². The van der Waals surface area contributed by atoms with E-state index in [1.54, 1.807) is 0 Å². The molecule has 0 spiro atoms. The molecule has 2 heterocycles. The van der Waals surface area contributed by atoms with Crippen molar-refractivity contribution in [3.63, 3.8) is 0 Å². The minimum Gasteiger partial charge on any atom is -0.378 e. The second-order valence-corrected chi connectivity index (χ2v) is 6.23. The number of hydrogen-bond acceptors (Lipinski definition) is 4. The number of ether oxygens (including phenoxy) is 1. The lowest BCUT2D eigenvalue weighted by atomic mass is 9.76. The third-order valence-corrected chi connectivity index (χ3v) is 4.98. The third-order valence-electron chi connectivity index (χ3n) is 4.98. The van der Waals surface area contributed by atoms with Crippen molar-refractivity contribution < 1.29 is 4.74 Å². The smallest absolute Gasteiger partial charge is 0.223 e. The average molecular weight is 259 g/mol. The predicted octanol–water partition coefficient (Wildman–Crippen LogP) is 2.64. The number of nitrogens with one attached hydrogen (secondary N) is 1. The van der Waals surface area contributed by atoms with Crippen LogP contribution >= 0.6 is 0 Å². The first-order valence-corrected chi connectivity index (χ1v) is 7.53. The van der Waals surface area contributed by atoms with Crippen LogP contribution in [0.4, 0.5) is 5.95 Å². The van der Waals surface area contributed by atoms with Crippen LogP contribution in [0, 0.1) is 12.8 Å². The summed E-state index contributed by atoms with van der Waals surface area (Å²) >= 11 is 0. The number of rotatable bonds is 3. The summed E-state index contributed by atoms with van der Waals surface area (Å²) in [6.45, 7) is 2.99. The number of nitrogens with zero attached hydrogens (tertiary/aromatic N) is 2. The molecule has 1 aromatic rings. The molecule has 102 valence electrons. The Morgan fingerprint density at radius 1 is 1.26 bits per heavy atom. The summed E-state index contributed by atoms with van der Waals surface area (Å²) in [6.07, 6.45) is 6.72. The van der Waals surface area contributed by atoms with Crippen LogP contribution in [0.15, 0.2) is 6.07 Å². The van der Waals surface area contributed by atoms with E-state index >= 15 is 0 Å². The monoisotopic (exact) mass is 259 g/mol. The molecule has 4 nitrogen and oxygen atoms in total. The van der Waals surface area contributed by atoms with E-state index < -0.39 is 0 Å². The van der Waals surface area contributed by atoms with Gasteiger partial charge < -0.3 is 10.1 Å². The van der Waals surface area contributed by atoms with E-state index in [0.29, 0.717) is 24.0 Å². The van der Waals surface area contributed by atoms with Crippen LogP contribution in [0.3, 0.4) is 0 Å². The molecule has 1 saturated heterocycles. The van der Waals surface area contributed by atoms with Gasteiger partial charge in [-0.25, -0.2) is 9.97 Å². The highest BCUT2D eigenvalue weighted by atomic mass is 16.5. The molecule has 4 rings (SSSR count). The van der Waals surface area contributed by atoms with Crippen molar-refractivity contribution in [2.24, 2.45) is 5.92 Å². The SMILES string of the molecule is Cc1cc(C2CCC2)nc(N[C@@H]2C[C@H]3OCC[C@@H]23)n1. The minimum atomic E-state index is 0.494. The summed E-state index contributed by atoms with van der Waals surface area (Å²) in [6, 6.07) is 2.67. The lowest BCUT2D eigenvalue weighted by molar-refractivity contribution is 0.0245. The highest BCUT2D eigenvalue weighted by Gasteiger charge is 2.45. The van der Waals surface area contributed by atoms with Crippen molar-refractivity contribution in [1.29, 1.82) is 0 Å². The number of fused-ring (bicyclic) bond motifs is 1. The van der Waals surface area contributed by atoms with Crippen LogP contribution in [0.5, 0.6) is 0 Å². The molecule has 0 unspecified atom stereocenters. The van der Waals surface area contributed by atoms with Gasteiger partial charge in [0.2, 0.25) is 5.95 Å². The molecule has 19 heavy (non-hydrogen) atoms. The lowest BCUT2D eigenvalue weighted by Crippen LogP contribution is -2.47. The van der Waals surface area contributed by atoms with Crippen LogP contribution < -0.4 is 5.32 Å². The van der Waals surface area contributed by atoms with Crippen molar-refractivity contribution in [3.8, 4) is 0 Å². The van der Waals surface area contributed by atoms with Crippen molar-refractivity contribution in [1.82, 2.24) is 9.97 Å². The maximum atomic E-state index is 5.65. The number of aromatic nitrogens is 2. The molecule has 0 radical (unpaired) electrons. The van der Waals surface area contributed by atoms with E-state index in [4.69, 9.17) is 9.72 Å². The van der Waals surface area contributed by atoms with Crippen LogP contribution in [0.1, 0.15) is 49.4 Å². The second kappa shape index (κ2) is 4.44. The molecule has 0 bridgehead atoms. The average Bonchev–Trinajstić information content (AvgIpc) is 2.64. The highest BCUT2D eigenvalue weighted by Crippen LogP contribution is 2.40. The first kappa shape index (κ1) is 11.6. The van der Waals surface area contributed by atoms with Gasteiger partial charge in [-0.1, -0.05) is 6.42 Å². The fourth-order valence-corrected chi connectivity index (χ4v) is 3.50. The maximum Gasteiger partial charge on any atom is 0.223 e. The fourth-order valence-electron chi connectivity index (χ4n) is 3.50. The summed E-state index contributed by atoms with van der Waals surface area (Å²) in [4.78, 5) is 9.28. The van der Waals surface area contributed by atoms with E-state index in [0.717, 1.165) is 24.7 Å². The van der Waals surface area contributed by atoms with Gasteiger partial charge in [0.05, 0.1) is 6.10 Å². The van der Waals surface area contributed by atoms with Crippen LogP contribution in [-0.4, -0.2) is 28.7 Å². The molecule has 0 amide bonds. The second-order valence-electron chi connectivity index (χ2n) is 6.23. The molecular formula is C15H21N3O. The normalized spacial score (nSPS) is 33.4. The van der Waals surface area contributed by atoms with Crippen LogP contribution in [0.25, 0.3) is 0 Å². The summed E-state index contributed by atoms with van der Waals surface area (Å²) in [7, 11) is 0. The Hall–Kier alpha value is -1.16. The van der Waals surface area contributed by atoms with Gasteiger partial charge in [0.25, 0.3) is 0 Å². The van der Waals surface area contributed by atoms with E-state index in [2.05, 4.69) is 23.3 Å². The quantitative estimate of drug-likeness (QED) is 0.906. The molecule has 1 N–H and O–H groups in total. The number of aryl methyl sites for hydroxylation is 1. The zero-order chi connectivity index (χ0) is 12.8. The number of anilines is 1. The van der Waals surface area contributed by atoms with Gasteiger partial charge >= 0.3 is 0 Å². The molecule has 3 atom stereocenters. The Morgan fingerprint density at radius 2 is 2.16 bits per heavy atom. The Labute approximate surface area is 114 Å². The molecule has 3 fully saturated rings. The van der Waals surface area contributed by atoms with Crippen molar-refractivity contribution in [2.45, 2.75) is 57.1 Å². The first-order valence-electron chi connectivity index (χ1n) is 7.53. The lowest BCUT2D eigenvalue weighted by Gasteiger charge is -2.39. The highest BCUT2D eigenvalue weighted by molar-refractivity contribution is 5.33. The molecule has 1 aliphatic heterocycles. The predicted molar refractivity (Wildman–Crippen MR) is 73.2 cm³/mol. The van der Waals surface area contributed by atoms with Crippen LogP contribution in [-0.2, 0) is 4.74 Å². The van der Waals surface area contributed by atoms with Gasteiger partial charge in [0.15, 0.2) is 0 Å². The van der Waals surface area contributed by atoms with Gasteiger partial charge in [-0.05, 0) is 38.7 Å². The topological polar surface area (TPSA) is 47.0 Å². The van der Waals surface area contributed by atoms with Crippen molar-refractivity contribution >= 4 is 5.95 Å². The summed E-state index contributed by atoms with van der Waals surface area (Å²) < 4.78 is 5.65. The molecular weight excluding hydrogens is 238 g/mol. The molecule has 3 aliphatic rings. The van der Waals surface area contributed by atoms with Crippen molar-refractivity contribution in [3.05, 3.63) is 17.5 Å². The van der Waals surface area contributed by atoms with E-state index in [-0.39, 0.29) is 0 Å². The van der Waals surface area contributed by atoms with Gasteiger partial charge in [-0.2, -0.15) is 0 Å².